The molecular formula is C24H35N5O2. The van der Waals surface area contributed by atoms with Crippen LogP contribution in [0.4, 0.5) is 0 Å². The number of rotatable bonds is 6. The van der Waals surface area contributed by atoms with Crippen molar-refractivity contribution < 1.29 is 9.15 Å². The lowest BCUT2D eigenvalue weighted by Crippen LogP contribution is -2.60. The Labute approximate surface area is 185 Å². The molecule has 2 heterocycles. The van der Waals surface area contributed by atoms with Crippen LogP contribution in [0.1, 0.15) is 43.4 Å². The molecule has 168 valence electrons. The number of aliphatic imine (C=N–C) groups is 1. The standard InChI is InChI=1S/C24H35N5O2/c1-19-6-8-20(9-7-19)22-28-21(17-31-22)16-26-23(25-2)27-18-24(10-4-3-5-11-24)29-12-14-30-15-13-29/h6-9,17H,3-5,10-16,18H2,1-2H3,(H2,25,26,27). The summed E-state index contributed by atoms with van der Waals surface area (Å²) in [5.74, 6) is 1.45. The van der Waals surface area contributed by atoms with Crippen LogP contribution in [0.25, 0.3) is 11.5 Å². The van der Waals surface area contributed by atoms with Crippen molar-refractivity contribution in [1.29, 1.82) is 0 Å². The van der Waals surface area contributed by atoms with Gasteiger partial charge in [-0.15, -0.1) is 0 Å². The molecule has 2 fully saturated rings. The number of hydrogen-bond donors (Lipinski definition) is 2. The van der Waals surface area contributed by atoms with Crippen molar-refractivity contribution in [2.75, 3.05) is 39.9 Å². The second-order valence-corrected chi connectivity index (χ2v) is 8.67. The van der Waals surface area contributed by atoms with E-state index in [0.29, 0.717) is 12.4 Å². The third-order valence-corrected chi connectivity index (χ3v) is 6.56. The molecule has 1 aromatic carbocycles. The Morgan fingerprint density at radius 2 is 1.84 bits per heavy atom. The predicted octanol–water partition coefficient (Wildman–Crippen LogP) is 3.35. The van der Waals surface area contributed by atoms with Gasteiger partial charge < -0.3 is 19.8 Å². The van der Waals surface area contributed by atoms with E-state index >= 15 is 0 Å². The molecule has 2 aromatic rings. The number of hydrogen-bond acceptors (Lipinski definition) is 5. The number of guanidine groups is 1. The fourth-order valence-corrected chi connectivity index (χ4v) is 4.71. The molecule has 4 rings (SSSR count). The predicted molar refractivity (Wildman–Crippen MR) is 123 cm³/mol. The summed E-state index contributed by atoms with van der Waals surface area (Å²) in [5.41, 5.74) is 3.27. The van der Waals surface area contributed by atoms with Crippen LogP contribution in [0, 0.1) is 6.92 Å². The molecule has 1 aliphatic heterocycles. The number of benzene rings is 1. The summed E-state index contributed by atoms with van der Waals surface area (Å²) in [6.07, 6.45) is 8.12. The third-order valence-electron chi connectivity index (χ3n) is 6.56. The van der Waals surface area contributed by atoms with Crippen LogP contribution in [0.3, 0.4) is 0 Å². The Hall–Kier alpha value is -2.38. The quantitative estimate of drug-likeness (QED) is 0.546. The molecule has 1 saturated heterocycles. The first-order valence-electron chi connectivity index (χ1n) is 11.5. The van der Waals surface area contributed by atoms with Crippen LogP contribution in [0.5, 0.6) is 0 Å². The first-order chi connectivity index (χ1) is 15.2. The normalized spacial score (nSPS) is 19.9. The van der Waals surface area contributed by atoms with Gasteiger partial charge >= 0.3 is 0 Å². The molecular weight excluding hydrogens is 390 g/mol. The Morgan fingerprint density at radius 1 is 1.10 bits per heavy atom. The van der Waals surface area contributed by atoms with Crippen molar-refractivity contribution in [3.05, 3.63) is 41.8 Å². The SMILES string of the molecule is CN=C(NCc1coc(-c2ccc(C)cc2)n1)NCC1(N2CCOCC2)CCCCC1. The smallest absolute Gasteiger partial charge is 0.226 e. The molecule has 2 N–H and O–H groups in total. The Bertz CT molecular complexity index is 849. The van der Waals surface area contributed by atoms with Crippen molar-refractivity contribution in [3.8, 4) is 11.5 Å². The molecule has 0 unspecified atom stereocenters. The lowest BCUT2D eigenvalue weighted by atomic mass is 9.80. The summed E-state index contributed by atoms with van der Waals surface area (Å²) in [7, 11) is 1.82. The summed E-state index contributed by atoms with van der Waals surface area (Å²) >= 11 is 0. The van der Waals surface area contributed by atoms with E-state index in [0.717, 1.165) is 50.1 Å². The van der Waals surface area contributed by atoms with E-state index in [-0.39, 0.29) is 5.54 Å². The summed E-state index contributed by atoms with van der Waals surface area (Å²) < 4.78 is 11.3. The number of oxazole rings is 1. The minimum Gasteiger partial charge on any atom is -0.444 e. The molecule has 1 aromatic heterocycles. The monoisotopic (exact) mass is 425 g/mol. The third kappa shape index (κ3) is 5.46. The van der Waals surface area contributed by atoms with E-state index in [2.05, 4.69) is 44.6 Å². The molecule has 0 spiro atoms. The van der Waals surface area contributed by atoms with Gasteiger partial charge in [0.2, 0.25) is 5.89 Å². The number of nitrogens with zero attached hydrogens (tertiary/aromatic N) is 3. The average Bonchev–Trinajstić information content (AvgIpc) is 3.30. The highest BCUT2D eigenvalue weighted by molar-refractivity contribution is 5.79. The zero-order valence-electron chi connectivity index (χ0n) is 18.8. The van der Waals surface area contributed by atoms with Gasteiger partial charge in [-0.1, -0.05) is 37.0 Å². The van der Waals surface area contributed by atoms with Crippen LogP contribution in [0.15, 0.2) is 39.9 Å². The van der Waals surface area contributed by atoms with E-state index in [1.807, 2.05) is 19.2 Å². The van der Waals surface area contributed by atoms with Crippen LogP contribution in [-0.2, 0) is 11.3 Å². The summed E-state index contributed by atoms with van der Waals surface area (Å²) in [6.45, 7) is 7.26. The van der Waals surface area contributed by atoms with Crippen molar-refractivity contribution in [2.24, 2.45) is 4.99 Å². The van der Waals surface area contributed by atoms with Gasteiger partial charge in [0.25, 0.3) is 0 Å². The molecule has 1 aliphatic carbocycles. The van der Waals surface area contributed by atoms with Gasteiger partial charge in [0.05, 0.1) is 25.5 Å². The van der Waals surface area contributed by atoms with E-state index in [1.165, 1.54) is 37.7 Å². The van der Waals surface area contributed by atoms with E-state index in [1.54, 1.807) is 6.26 Å². The lowest BCUT2D eigenvalue weighted by Gasteiger charge is -2.48. The first kappa shape index (κ1) is 21.8. The Kier molecular flexibility index (Phi) is 7.25. The van der Waals surface area contributed by atoms with Crippen molar-refractivity contribution >= 4 is 5.96 Å². The maximum absolute atomic E-state index is 5.68. The van der Waals surface area contributed by atoms with Crippen molar-refractivity contribution in [1.82, 2.24) is 20.5 Å². The largest absolute Gasteiger partial charge is 0.444 e. The van der Waals surface area contributed by atoms with Crippen LogP contribution >= 0.6 is 0 Å². The second kappa shape index (κ2) is 10.3. The van der Waals surface area contributed by atoms with Crippen LogP contribution in [-0.4, -0.2) is 61.3 Å². The van der Waals surface area contributed by atoms with Crippen LogP contribution < -0.4 is 10.6 Å². The molecule has 0 amide bonds. The zero-order chi connectivity index (χ0) is 21.5. The minimum absolute atomic E-state index is 0.201. The molecule has 0 radical (unpaired) electrons. The van der Waals surface area contributed by atoms with Gasteiger partial charge in [0, 0.05) is 37.8 Å². The Balaban J connectivity index is 1.33. The topological polar surface area (TPSA) is 74.9 Å². The van der Waals surface area contributed by atoms with Crippen LogP contribution in [0.2, 0.25) is 0 Å². The number of aryl methyl sites for hydroxylation is 1. The Morgan fingerprint density at radius 3 is 2.55 bits per heavy atom. The second-order valence-electron chi connectivity index (χ2n) is 8.67. The molecule has 7 heteroatoms. The number of nitrogens with one attached hydrogen (secondary N) is 2. The fraction of sp³-hybridized carbons (Fsp3) is 0.583. The highest BCUT2D eigenvalue weighted by Crippen LogP contribution is 2.33. The fourth-order valence-electron chi connectivity index (χ4n) is 4.71. The van der Waals surface area contributed by atoms with Crippen molar-refractivity contribution in [2.45, 2.75) is 51.1 Å². The van der Waals surface area contributed by atoms with Gasteiger partial charge in [-0.2, -0.15) is 0 Å². The molecule has 2 aliphatic rings. The lowest BCUT2D eigenvalue weighted by molar-refractivity contribution is -0.0352. The molecule has 7 nitrogen and oxygen atoms in total. The number of ether oxygens (including phenoxy) is 1. The number of morpholine rings is 1. The zero-order valence-corrected chi connectivity index (χ0v) is 18.8. The van der Waals surface area contributed by atoms with Gasteiger partial charge in [0.15, 0.2) is 5.96 Å². The van der Waals surface area contributed by atoms with Gasteiger partial charge in [-0.05, 0) is 31.9 Å². The highest BCUT2D eigenvalue weighted by Gasteiger charge is 2.38. The molecule has 0 atom stereocenters. The van der Waals surface area contributed by atoms with E-state index in [9.17, 15) is 0 Å². The average molecular weight is 426 g/mol. The maximum atomic E-state index is 5.68. The first-order valence-corrected chi connectivity index (χ1v) is 11.5. The van der Waals surface area contributed by atoms with E-state index < -0.39 is 0 Å². The number of aromatic nitrogens is 1. The minimum atomic E-state index is 0.201. The van der Waals surface area contributed by atoms with Gasteiger partial charge in [0.1, 0.15) is 6.26 Å². The highest BCUT2D eigenvalue weighted by atomic mass is 16.5. The molecule has 31 heavy (non-hydrogen) atoms. The molecule has 1 saturated carbocycles. The van der Waals surface area contributed by atoms with Crippen molar-refractivity contribution in [3.63, 3.8) is 0 Å². The summed E-state index contributed by atoms with van der Waals surface area (Å²) in [5, 5.41) is 6.98. The maximum Gasteiger partial charge on any atom is 0.226 e. The van der Waals surface area contributed by atoms with Gasteiger partial charge in [-0.25, -0.2) is 4.98 Å². The summed E-state index contributed by atoms with van der Waals surface area (Å²) in [6, 6.07) is 8.21. The van der Waals surface area contributed by atoms with E-state index in [4.69, 9.17) is 9.15 Å². The summed E-state index contributed by atoms with van der Waals surface area (Å²) in [4.78, 5) is 11.7. The molecule has 0 bridgehead atoms. The van der Waals surface area contributed by atoms with Gasteiger partial charge in [-0.3, -0.25) is 9.89 Å².